The molecule has 0 spiro atoms. The average molecular weight is 171 g/mol. The van der Waals surface area contributed by atoms with Crippen LogP contribution in [0.15, 0.2) is 0 Å². The summed E-state index contributed by atoms with van der Waals surface area (Å²) in [6.07, 6.45) is 2.66. The van der Waals surface area contributed by atoms with Crippen LogP contribution in [0, 0.1) is 5.92 Å². The molecule has 2 fully saturated rings. The third kappa shape index (κ3) is 1.59. The molecule has 0 aromatic heterocycles. The third-order valence-electron chi connectivity index (χ3n) is 2.49. The van der Waals surface area contributed by atoms with Gasteiger partial charge in [0.15, 0.2) is 0 Å². The first-order valence-electron chi connectivity index (χ1n) is 4.38. The molecule has 2 rings (SSSR count). The SMILES string of the molecule is O=C(O)C1NC(C2CC2)CCO1. The fraction of sp³-hybridized carbons (Fsp3) is 0.875. The Balaban J connectivity index is 1.89. The topological polar surface area (TPSA) is 58.6 Å². The molecule has 0 amide bonds. The molecule has 1 saturated heterocycles. The number of carboxylic acids is 1. The van der Waals surface area contributed by atoms with E-state index in [0.29, 0.717) is 18.6 Å². The van der Waals surface area contributed by atoms with Gasteiger partial charge >= 0.3 is 5.97 Å². The molecule has 1 saturated carbocycles. The molecule has 0 bridgehead atoms. The van der Waals surface area contributed by atoms with Gasteiger partial charge in [0.25, 0.3) is 0 Å². The number of hydrogen-bond donors (Lipinski definition) is 2. The van der Waals surface area contributed by atoms with Crippen molar-refractivity contribution in [3.63, 3.8) is 0 Å². The smallest absolute Gasteiger partial charge is 0.348 e. The predicted molar refractivity (Wildman–Crippen MR) is 41.6 cm³/mol. The van der Waals surface area contributed by atoms with Gasteiger partial charge in [-0.25, -0.2) is 4.79 Å². The van der Waals surface area contributed by atoms with Gasteiger partial charge in [-0.05, 0) is 25.2 Å². The van der Waals surface area contributed by atoms with Gasteiger partial charge in [0.2, 0.25) is 6.23 Å². The van der Waals surface area contributed by atoms with E-state index < -0.39 is 12.2 Å². The Labute approximate surface area is 70.9 Å². The van der Waals surface area contributed by atoms with Crippen molar-refractivity contribution in [1.29, 1.82) is 0 Å². The Morgan fingerprint density at radius 1 is 1.42 bits per heavy atom. The van der Waals surface area contributed by atoms with Gasteiger partial charge in [0, 0.05) is 6.04 Å². The lowest BCUT2D eigenvalue weighted by Gasteiger charge is -2.28. The van der Waals surface area contributed by atoms with Crippen LogP contribution >= 0.6 is 0 Å². The van der Waals surface area contributed by atoms with Gasteiger partial charge in [-0.3, -0.25) is 5.32 Å². The van der Waals surface area contributed by atoms with Crippen LogP contribution in [0.5, 0.6) is 0 Å². The molecule has 12 heavy (non-hydrogen) atoms. The lowest BCUT2D eigenvalue weighted by molar-refractivity contribution is -0.157. The Kier molecular flexibility index (Phi) is 2.02. The average Bonchev–Trinajstić information content (AvgIpc) is 2.87. The molecule has 1 aliphatic heterocycles. The number of carbonyl (C=O) groups is 1. The molecule has 4 heteroatoms. The Morgan fingerprint density at radius 2 is 2.17 bits per heavy atom. The summed E-state index contributed by atoms with van der Waals surface area (Å²) in [5.41, 5.74) is 0. The molecule has 1 aliphatic carbocycles. The first kappa shape index (κ1) is 8.01. The second-order valence-corrected chi connectivity index (χ2v) is 3.49. The van der Waals surface area contributed by atoms with Gasteiger partial charge in [0.05, 0.1) is 6.61 Å². The lowest BCUT2D eigenvalue weighted by atomic mass is 10.1. The normalized spacial score (nSPS) is 36.3. The minimum absolute atomic E-state index is 0.375. The molecular weight excluding hydrogens is 158 g/mol. The van der Waals surface area contributed by atoms with E-state index in [4.69, 9.17) is 9.84 Å². The molecule has 0 radical (unpaired) electrons. The van der Waals surface area contributed by atoms with Crippen LogP contribution in [0.2, 0.25) is 0 Å². The Morgan fingerprint density at radius 3 is 2.75 bits per heavy atom. The van der Waals surface area contributed by atoms with Crippen LogP contribution in [-0.2, 0) is 9.53 Å². The highest BCUT2D eigenvalue weighted by molar-refractivity contribution is 5.71. The number of nitrogens with one attached hydrogen (secondary N) is 1. The van der Waals surface area contributed by atoms with Crippen LogP contribution < -0.4 is 5.32 Å². The van der Waals surface area contributed by atoms with E-state index in [9.17, 15) is 4.79 Å². The summed E-state index contributed by atoms with van der Waals surface area (Å²) < 4.78 is 5.04. The van der Waals surface area contributed by atoms with Crippen molar-refractivity contribution in [1.82, 2.24) is 5.32 Å². The second kappa shape index (κ2) is 3.03. The van der Waals surface area contributed by atoms with Crippen molar-refractivity contribution in [2.45, 2.75) is 31.5 Å². The number of aliphatic carboxylic acids is 1. The van der Waals surface area contributed by atoms with Gasteiger partial charge in [-0.15, -0.1) is 0 Å². The molecule has 0 aromatic carbocycles. The summed E-state index contributed by atoms with van der Waals surface area (Å²) in [7, 11) is 0. The van der Waals surface area contributed by atoms with Crippen molar-refractivity contribution < 1.29 is 14.6 Å². The minimum Gasteiger partial charge on any atom is -0.478 e. The molecule has 2 N–H and O–H groups in total. The molecule has 1 heterocycles. The van der Waals surface area contributed by atoms with Crippen LogP contribution in [0.1, 0.15) is 19.3 Å². The fourth-order valence-electron chi connectivity index (χ4n) is 1.65. The zero-order valence-corrected chi connectivity index (χ0v) is 6.82. The summed E-state index contributed by atoms with van der Waals surface area (Å²) >= 11 is 0. The van der Waals surface area contributed by atoms with E-state index in [1.807, 2.05) is 0 Å². The van der Waals surface area contributed by atoms with Crippen LogP contribution in [0.3, 0.4) is 0 Å². The van der Waals surface area contributed by atoms with Crippen LogP contribution in [0.4, 0.5) is 0 Å². The number of rotatable bonds is 2. The maximum Gasteiger partial charge on any atom is 0.348 e. The molecule has 0 aromatic rings. The van der Waals surface area contributed by atoms with E-state index in [-0.39, 0.29) is 0 Å². The maximum atomic E-state index is 10.6. The zero-order chi connectivity index (χ0) is 8.55. The van der Waals surface area contributed by atoms with Gasteiger partial charge < -0.3 is 9.84 Å². The van der Waals surface area contributed by atoms with E-state index in [1.54, 1.807) is 0 Å². The lowest BCUT2D eigenvalue weighted by Crippen LogP contribution is -2.50. The number of carboxylic acid groups (broad SMARTS) is 1. The highest BCUT2D eigenvalue weighted by atomic mass is 16.5. The molecule has 4 nitrogen and oxygen atoms in total. The molecule has 2 aliphatic rings. The van der Waals surface area contributed by atoms with E-state index in [1.165, 1.54) is 12.8 Å². The quantitative estimate of drug-likeness (QED) is 0.622. The Bertz CT molecular complexity index is 191. The van der Waals surface area contributed by atoms with Crippen LogP contribution in [0.25, 0.3) is 0 Å². The fourth-order valence-corrected chi connectivity index (χ4v) is 1.65. The van der Waals surface area contributed by atoms with Crippen molar-refractivity contribution in [3.05, 3.63) is 0 Å². The van der Waals surface area contributed by atoms with Crippen molar-refractivity contribution in [2.24, 2.45) is 5.92 Å². The van der Waals surface area contributed by atoms with E-state index in [0.717, 1.165) is 6.42 Å². The summed E-state index contributed by atoms with van der Waals surface area (Å²) in [6, 6.07) is 0.375. The van der Waals surface area contributed by atoms with Crippen molar-refractivity contribution in [3.8, 4) is 0 Å². The van der Waals surface area contributed by atoms with Gasteiger partial charge in [-0.1, -0.05) is 0 Å². The molecular formula is C8H13NO3. The summed E-state index contributed by atoms with van der Waals surface area (Å²) in [4.78, 5) is 10.6. The number of hydrogen-bond acceptors (Lipinski definition) is 3. The van der Waals surface area contributed by atoms with Crippen molar-refractivity contribution in [2.75, 3.05) is 6.61 Å². The zero-order valence-electron chi connectivity index (χ0n) is 6.82. The highest BCUT2D eigenvalue weighted by Crippen LogP contribution is 2.35. The minimum atomic E-state index is -0.902. The summed E-state index contributed by atoms with van der Waals surface area (Å²) in [5.74, 6) is -0.198. The standard InChI is InChI=1S/C8H13NO3/c10-8(11)7-9-6(3-4-12-7)5-1-2-5/h5-7,9H,1-4H2,(H,10,11). The maximum absolute atomic E-state index is 10.6. The predicted octanol–water partition coefficient (Wildman–Crippen LogP) is 0.186. The largest absolute Gasteiger partial charge is 0.478 e. The van der Waals surface area contributed by atoms with Gasteiger partial charge in [0.1, 0.15) is 0 Å². The van der Waals surface area contributed by atoms with Gasteiger partial charge in [-0.2, -0.15) is 0 Å². The first-order chi connectivity index (χ1) is 5.77. The number of ether oxygens (including phenoxy) is 1. The van der Waals surface area contributed by atoms with Crippen LogP contribution in [-0.4, -0.2) is 30.0 Å². The van der Waals surface area contributed by atoms with E-state index in [2.05, 4.69) is 5.32 Å². The Hall–Kier alpha value is -0.610. The highest BCUT2D eigenvalue weighted by Gasteiger charge is 2.36. The summed E-state index contributed by atoms with van der Waals surface area (Å²) in [6.45, 7) is 0.575. The molecule has 2 atom stereocenters. The first-order valence-corrected chi connectivity index (χ1v) is 4.38. The van der Waals surface area contributed by atoms with Crippen molar-refractivity contribution >= 4 is 5.97 Å². The molecule has 2 unspecified atom stereocenters. The van der Waals surface area contributed by atoms with E-state index >= 15 is 0 Å². The third-order valence-corrected chi connectivity index (χ3v) is 2.49. The second-order valence-electron chi connectivity index (χ2n) is 3.49. The monoisotopic (exact) mass is 171 g/mol. The summed E-state index contributed by atoms with van der Waals surface area (Å²) in [5, 5.41) is 11.7. The molecule has 68 valence electrons.